The van der Waals surface area contributed by atoms with E-state index in [1.807, 2.05) is 25.1 Å². The number of carbonyl (C=O) groups is 1. The van der Waals surface area contributed by atoms with Gasteiger partial charge >= 0.3 is 0 Å². The number of hydrogen-bond donors (Lipinski definition) is 3. The second kappa shape index (κ2) is 9.87. The molecular weight excluding hydrogens is 485 g/mol. The molecule has 206 valence electrons. The first kappa shape index (κ1) is 26.5. The Morgan fingerprint density at radius 1 is 1.26 bits per heavy atom. The summed E-state index contributed by atoms with van der Waals surface area (Å²) in [6.45, 7) is 9.86. The molecular formula is C28H40FN7O2. The zero-order valence-electron chi connectivity index (χ0n) is 23.3. The van der Waals surface area contributed by atoms with Gasteiger partial charge in [-0.25, -0.2) is 9.37 Å². The number of amides is 1. The molecule has 3 fully saturated rings. The highest BCUT2D eigenvalue weighted by atomic mass is 19.1. The number of nitrogens with zero attached hydrogens (tertiary/aromatic N) is 4. The van der Waals surface area contributed by atoms with E-state index in [1.165, 1.54) is 6.20 Å². The molecule has 38 heavy (non-hydrogen) atoms. The van der Waals surface area contributed by atoms with Gasteiger partial charge in [0.05, 0.1) is 29.9 Å². The van der Waals surface area contributed by atoms with Gasteiger partial charge in [0.1, 0.15) is 12.4 Å². The first-order chi connectivity index (χ1) is 18.0. The molecule has 9 nitrogen and oxygen atoms in total. The summed E-state index contributed by atoms with van der Waals surface area (Å²) in [6, 6.07) is 5.91. The number of nitrogens with one attached hydrogen (secondary N) is 3. The molecule has 1 aromatic carbocycles. The van der Waals surface area contributed by atoms with E-state index < -0.39 is 11.4 Å². The summed E-state index contributed by atoms with van der Waals surface area (Å²) in [5.41, 5.74) is 1.24. The molecule has 3 N–H and O–H groups in total. The van der Waals surface area contributed by atoms with Crippen LogP contribution in [0.15, 0.2) is 24.4 Å². The highest BCUT2D eigenvalue weighted by Crippen LogP contribution is 2.65. The Balaban J connectivity index is 1.37. The van der Waals surface area contributed by atoms with Crippen molar-refractivity contribution in [3.63, 3.8) is 0 Å². The van der Waals surface area contributed by atoms with Crippen LogP contribution in [0.5, 0.6) is 5.75 Å². The number of carbonyl (C=O) groups excluding carboxylic acids is 1. The lowest BCUT2D eigenvalue weighted by Crippen LogP contribution is -2.69. The van der Waals surface area contributed by atoms with Gasteiger partial charge in [0, 0.05) is 31.9 Å². The second-order valence-electron chi connectivity index (χ2n) is 12.0. The Morgan fingerprint density at radius 3 is 2.76 bits per heavy atom. The summed E-state index contributed by atoms with van der Waals surface area (Å²) < 4.78 is 21.0. The van der Waals surface area contributed by atoms with Crippen LogP contribution in [0.3, 0.4) is 0 Å². The van der Waals surface area contributed by atoms with Crippen LogP contribution >= 0.6 is 0 Å². The van der Waals surface area contributed by atoms with Crippen molar-refractivity contribution in [2.75, 3.05) is 62.9 Å². The number of anilines is 4. The van der Waals surface area contributed by atoms with Crippen LogP contribution in [0.4, 0.5) is 27.5 Å². The number of aromatic nitrogens is 2. The van der Waals surface area contributed by atoms with Gasteiger partial charge in [-0.05, 0) is 63.2 Å². The van der Waals surface area contributed by atoms with Crippen LogP contribution in [0.1, 0.15) is 33.6 Å². The van der Waals surface area contributed by atoms with E-state index in [9.17, 15) is 4.79 Å². The minimum atomic E-state index is -0.638. The quantitative estimate of drug-likeness (QED) is 0.480. The molecule has 10 heteroatoms. The third kappa shape index (κ3) is 4.63. The smallest absolute Gasteiger partial charge is 0.229 e. The average molecular weight is 526 g/mol. The van der Waals surface area contributed by atoms with Crippen molar-refractivity contribution < 1.29 is 13.9 Å². The van der Waals surface area contributed by atoms with E-state index in [0.29, 0.717) is 12.5 Å². The Morgan fingerprint density at radius 2 is 2.05 bits per heavy atom. The van der Waals surface area contributed by atoms with Crippen LogP contribution in [-0.4, -0.2) is 73.7 Å². The van der Waals surface area contributed by atoms with Crippen LogP contribution in [-0.2, 0) is 4.79 Å². The van der Waals surface area contributed by atoms with Gasteiger partial charge in [0.15, 0.2) is 11.6 Å². The first-order valence-corrected chi connectivity index (χ1v) is 13.5. The van der Waals surface area contributed by atoms with E-state index in [0.717, 1.165) is 49.6 Å². The number of benzene rings is 1. The summed E-state index contributed by atoms with van der Waals surface area (Å²) >= 11 is 0. The molecule has 1 aliphatic heterocycles. The van der Waals surface area contributed by atoms with Crippen molar-refractivity contribution in [3.05, 3.63) is 30.2 Å². The molecule has 0 spiro atoms. The molecule has 0 saturated heterocycles. The van der Waals surface area contributed by atoms with Crippen molar-refractivity contribution in [2.45, 2.75) is 39.2 Å². The largest absolute Gasteiger partial charge is 0.489 e. The molecule has 2 heterocycles. The van der Waals surface area contributed by atoms with Crippen molar-refractivity contribution in [1.29, 1.82) is 0 Å². The van der Waals surface area contributed by atoms with Crippen LogP contribution in [0, 0.1) is 29.0 Å². The summed E-state index contributed by atoms with van der Waals surface area (Å²) in [7, 11) is 5.79. The van der Waals surface area contributed by atoms with Crippen molar-refractivity contribution in [3.8, 4) is 5.75 Å². The van der Waals surface area contributed by atoms with Gasteiger partial charge in [-0.15, -0.1) is 0 Å². The lowest BCUT2D eigenvalue weighted by molar-refractivity contribution is -0.155. The summed E-state index contributed by atoms with van der Waals surface area (Å²) in [5.74, 6) is 1.04. The molecule has 1 amide bonds. The molecule has 2 aromatic rings. The first-order valence-electron chi connectivity index (χ1n) is 13.5. The van der Waals surface area contributed by atoms with E-state index in [2.05, 4.69) is 63.7 Å². The maximum absolute atomic E-state index is 15.0. The van der Waals surface area contributed by atoms with Gasteiger partial charge in [0.2, 0.25) is 11.9 Å². The average Bonchev–Trinajstić information content (AvgIpc) is 2.88. The van der Waals surface area contributed by atoms with Crippen LogP contribution in [0.2, 0.25) is 0 Å². The predicted octanol–water partition coefficient (Wildman–Crippen LogP) is 3.72. The molecule has 4 atom stereocenters. The SMILES string of the molecule is CNC(=O)[C@H]1C[C@@H]2C[C@H](C2(C)C)[C@@]1(C)Nc1nc(Nc2ccc3c(c2)OCCN3CCN(C)C)ncc1F. The number of rotatable bonds is 8. The lowest BCUT2D eigenvalue weighted by Gasteiger charge is -2.66. The van der Waals surface area contributed by atoms with Crippen molar-refractivity contribution >= 4 is 29.0 Å². The van der Waals surface area contributed by atoms with Crippen LogP contribution in [0.25, 0.3) is 0 Å². The van der Waals surface area contributed by atoms with Gasteiger partial charge < -0.3 is 30.5 Å². The number of likely N-dealkylation sites (N-methyl/N-ethyl adjacent to an activating group) is 1. The summed E-state index contributed by atoms with van der Waals surface area (Å²) in [6.07, 6.45) is 2.96. The van der Waals surface area contributed by atoms with E-state index in [-0.39, 0.29) is 34.9 Å². The minimum absolute atomic E-state index is 0.0216. The summed E-state index contributed by atoms with van der Waals surface area (Å²) in [4.78, 5) is 26.0. The fourth-order valence-electron chi connectivity index (χ4n) is 6.74. The van der Waals surface area contributed by atoms with Crippen molar-refractivity contribution in [1.82, 2.24) is 20.2 Å². The molecule has 2 bridgehead atoms. The van der Waals surface area contributed by atoms with E-state index in [1.54, 1.807) is 7.05 Å². The molecule has 6 rings (SSSR count). The molecule has 4 aliphatic rings. The normalized spacial score (nSPS) is 27.2. The number of fused-ring (bicyclic) bond motifs is 3. The monoisotopic (exact) mass is 525 g/mol. The Bertz CT molecular complexity index is 1210. The highest BCUT2D eigenvalue weighted by molar-refractivity contribution is 5.81. The fraction of sp³-hybridized carbons (Fsp3) is 0.607. The van der Waals surface area contributed by atoms with Crippen molar-refractivity contribution in [2.24, 2.45) is 23.2 Å². The maximum Gasteiger partial charge on any atom is 0.229 e. The fourth-order valence-corrected chi connectivity index (χ4v) is 6.74. The zero-order chi connectivity index (χ0) is 27.2. The predicted molar refractivity (Wildman–Crippen MR) is 148 cm³/mol. The molecule has 3 aliphatic carbocycles. The standard InChI is InChI=1S/C28H40FN7O2/c1-27(2)17-13-19(25(37)30-4)28(3,23(27)14-17)34-24-20(29)16-31-26(33-24)32-18-7-8-21-22(15-18)38-12-11-36(21)10-9-35(5)6/h7-8,15-17,19,23H,9-14H2,1-6H3,(H,30,37)(H2,31,32,33,34)/t17-,19-,23-,28+/m1/s1. The topological polar surface area (TPSA) is 94.6 Å². The number of hydrogen-bond acceptors (Lipinski definition) is 8. The highest BCUT2D eigenvalue weighted by Gasteiger charge is 2.64. The Kier molecular flexibility index (Phi) is 6.87. The number of halogens is 1. The molecule has 3 saturated carbocycles. The third-order valence-corrected chi connectivity index (χ3v) is 9.13. The number of ether oxygens (including phenoxy) is 1. The van der Waals surface area contributed by atoms with Gasteiger partial charge in [0.25, 0.3) is 0 Å². The van der Waals surface area contributed by atoms with Gasteiger partial charge in [-0.2, -0.15) is 4.98 Å². The minimum Gasteiger partial charge on any atom is -0.489 e. The van der Waals surface area contributed by atoms with E-state index in [4.69, 9.17) is 4.74 Å². The maximum atomic E-state index is 15.0. The van der Waals surface area contributed by atoms with Crippen LogP contribution < -0.4 is 25.6 Å². The molecule has 0 unspecified atom stereocenters. The molecule has 0 radical (unpaired) electrons. The zero-order valence-corrected chi connectivity index (χ0v) is 23.3. The Hall–Kier alpha value is -3.14. The second-order valence-corrected chi connectivity index (χ2v) is 12.0. The molecule has 1 aromatic heterocycles. The summed E-state index contributed by atoms with van der Waals surface area (Å²) in [5, 5.41) is 9.39. The Labute approximate surface area is 224 Å². The van der Waals surface area contributed by atoms with Gasteiger partial charge in [-0.1, -0.05) is 13.8 Å². The van der Waals surface area contributed by atoms with Gasteiger partial charge in [-0.3, -0.25) is 4.79 Å². The lowest BCUT2D eigenvalue weighted by atomic mass is 9.40. The third-order valence-electron chi connectivity index (χ3n) is 9.13. The van der Waals surface area contributed by atoms with E-state index >= 15 is 4.39 Å².